The monoisotopic (exact) mass is 440 g/mol. The van der Waals surface area contributed by atoms with E-state index >= 15 is 0 Å². The van der Waals surface area contributed by atoms with Crippen LogP contribution in [0.3, 0.4) is 0 Å². The Bertz CT molecular complexity index is 1020. The third-order valence-corrected chi connectivity index (χ3v) is 5.99. The Hall–Kier alpha value is -2.71. The molecule has 0 aromatic carbocycles. The summed E-state index contributed by atoms with van der Waals surface area (Å²) in [6, 6.07) is 6.32. The molecule has 1 saturated heterocycles. The van der Waals surface area contributed by atoms with Gasteiger partial charge in [-0.05, 0) is 37.8 Å². The highest BCUT2D eigenvalue weighted by Crippen LogP contribution is 2.31. The Morgan fingerprint density at radius 1 is 1.06 bits per heavy atom. The maximum atomic E-state index is 6.43. The van der Waals surface area contributed by atoms with Crippen LogP contribution in [0.25, 0.3) is 10.9 Å². The third kappa shape index (κ3) is 4.80. The van der Waals surface area contributed by atoms with Gasteiger partial charge < -0.3 is 19.7 Å². The number of pyridine rings is 2. The SMILES string of the molecule is Clc1cnc(NC2CCC(Oc3nc(N4CCOCC4)cc4ncccc34)CC2)nc1. The van der Waals surface area contributed by atoms with E-state index in [4.69, 9.17) is 26.1 Å². The van der Waals surface area contributed by atoms with Crippen molar-refractivity contribution in [3.8, 4) is 5.88 Å². The van der Waals surface area contributed by atoms with Gasteiger partial charge in [0.2, 0.25) is 11.8 Å². The standard InChI is InChI=1S/C22H25ClN6O2/c23-15-13-25-22(26-14-15)27-16-3-5-17(6-4-16)31-21-18-2-1-7-24-19(18)12-20(28-21)29-8-10-30-11-9-29/h1-2,7,12-14,16-17H,3-6,8-11H2,(H,25,26,27). The summed E-state index contributed by atoms with van der Waals surface area (Å²) >= 11 is 5.86. The van der Waals surface area contributed by atoms with E-state index in [9.17, 15) is 0 Å². The first-order chi connectivity index (χ1) is 15.2. The van der Waals surface area contributed by atoms with E-state index in [-0.39, 0.29) is 6.10 Å². The molecular weight excluding hydrogens is 416 g/mol. The number of hydrogen-bond acceptors (Lipinski definition) is 8. The summed E-state index contributed by atoms with van der Waals surface area (Å²) in [5.41, 5.74) is 0.907. The smallest absolute Gasteiger partial charge is 0.225 e. The molecule has 3 aromatic heterocycles. The van der Waals surface area contributed by atoms with Crippen molar-refractivity contribution in [3.05, 3.63) is 41.8 Å². The van der Waals surface area contributed by atoms with Crippen LogP contribution in [0.15, 0.2) is 36.8 Å². The summed E-state index contributed by atoms with van der Waals surface area (Å²) in [7, 11) is 0. The van der Waals surface area contributed by atoms with Crippen molar-refractivity contribution in [1.29, 1.82) is 0 Å². The van der Waals surface area contributed by atoms with Crippen LogP contribution in [0.5, 0.6) is 5.88 Å². The molecule has 0 bridgehead atoms. The van der Waals surface area contributed by atoms with Gasteiger partial charge in [0.1, 0.15) is 11.9 Å². The second-order valence-electron chi connectivity index (χ2n) is 7.92. The van der Waals surface area contributed by atoms with Crippen LogP contribution < -0.4 is 15.0 Å². The zero-order valence-corrected chi connectivity index (χ0v) is 18.0. The number of fused-ring (bicyclic) bond motifs is 1. The molecule has 31 heavy (non-hydrogen) atoms. The Morgan fingerprint density at radius 3 is 2.61 bits per heavy atom. The van der Waals surface area contributed by atoms with Gasteiger partial charge in [-0.1, -0.05) is 11.6 Å². The number of nitrogens with zero attached hydrogens (tertiary/aromatic N) is 5. The second kappa shape index (κ2) is 9.20. The highest BCUT2D eigenvalue weighted by molar-refractivity contribution is 6.30. The molecule has 2 aliphatic rings. The number of anilines is 2. The Kier molecular flexibility index (Phi) is 5.99. The number of hydrogen-bond donors (Lipinski definition) is 1. The number of ether oxygens (including phenoxy) is 2. The molecule has 0 amide bonds. The van der Waals surface area contributed by atoms with E-state index < -0.39 is 0 Å². The maximum Gasteiger partial charge on any atom is 0.225 e. The summed E-state index contributed by atoms with van der Waals surface area (Å²) in [6.45, 7) is 3.08. The van der Waals surface area contributed by atoms with Gasteiger partial charge >= 0.3 is 0 Å². The van der Waals surface area contributed by atoms with Crippen LogP contribution in [0, 0.1) is 0 Å². The minimum absolute atomic E-state index is 0.125. The van der Waals surface area contributed by atoms with E-state index in [0.717, 1.165) is 55.5 Å². The summed E-state index contributed by atoms with van der Waals surface area (Å²) < 4.78 is 11.9. The van der Waals surface area contributed by atoms with Gasteiger partial charge in [0, 0.05) is 31.4 Å². The van der Waals surface area contributed by atoms with Crippen molar-refractivity contribution < 1.29 is 9.47 Å². The lowest BCUT2D eigenvalue weighted by Gasteiger charge is -2.31. The van der Waals surface area contributed by atoms with Gasteiger partial charge in [-0.25, -0.2) is 9.97 Å². The number of aromatic nitrogens is 4. The molecule has 0 radical (unpaired) electrons. The molecule has 2 fully saturated rings. The van der Waals surface area contributed by atoms with Crippen LogP contribution in [0.2, 0.25) is 5.02 Å². The molecule has 3 aromatic rings. The minimum atomic E-state index is 0.125. The van der Waals surface area contributed by atoms with E-state index in [1.807, 2.05) is 24.4 Å². The van der Waals surface area contributed by atoms with Crippen molar-refractivity contribution in [3.63, 3.8) is 0 Å². The molecule has 0 atom stereocenters. The van der Waals surface area contributed by atoms with Gasteiger partial charge in [0.05, 0.1) is 41.5 Å². The summed E-state index contributed by atoms with van der Waals surface area (Å²) in [6.07, 6.45) is 9.00. The van der Waals surface area contributed by atoms with Crippen molar-refractivity contribution in [2.75, 3.05) is 36.5 Å². The van der Waals surface area contributed by atoms with Crippen molar-refractivity contribution in [2.45, 2.75) is 37.8 Å². The van der Waals surface area contributed by atoms with Crippen LogP contribution in [0.4, 0.5) is 11.8 Å². The van der Waals surface area contributed by atoms with E-state index in [1.165, 1.54) is 0 Å². The first-order valence-electron chi connectivity index (χ1n) is 10.7. The lowest BCUT2D eigenvalue weighted by Crippen LogP contribution is -2.37. The van der Waals surface area contributed by atoms with E-state index in [2.05, 4.69) is 25.2 Å². The predicted molar refractivity (Wildman–Crippen MR) is 120 cm³/mol. The fourth-order valence-electron chi connectivity index (χ4n) is 4.13. The number of halogens is 1. The first-order valence-corrected chi connectivity index (χ1v) is 11.1. The number of morpholine rings is 1. The van der Waals surface area contributed by atoms with E-state index in [1.54, 1.807) is 12.4 Å². The quantitative estimate of drug-likeness (QED) is 0.642. The summed E-state index contributed by atoms with van der Waals surface area (Å²) in [4.78, 5) is 20.1. The van der Waals surface area contributed by atoms with E-state index in [0.29, 0.717) is 36.1 Å². The maximum absolute atomic E-state index is 6.43. The lowest BCUT2D eigenvalue weighted by atomic mass is 9.93. The second-order valence-corrected chi connectivity index (χ2v) is 8.35. The van der Waals surface area contributed by atoms with Crippen LogP contribution >= 0.6 is 11.6 Å². The summed E-state index contributed by atoms with van der Waals surface area (Å²) in [5.74, 6) is 2.19. The molecule has 162 valence electrons. The average Bonchev–Trinajstić information content (AvgIpc) is 2.82. The van der Waals surface area contributed by atoms with Crippen LogP contribution in [-0.2, 0) is 4.74 Å². The molecular formula is C22H25ClN6O2. The van der Waals surface area contributed by atoms with Gasteiger partial charge in [-0.15, -0.1) is 0 Å². The highest BCUT2D eigenvalue weighted by atomic mass is 35.5. The fraction of sp³-hybridized carbons (Fsp3) is 0.455. The third-order valence-electron chi connectivity index (χ3n) is 5.79. The van der Waals surface area contributed by atoms with Gasteiger partial charge in [0.25, 0.3) is 0 Å². The molecule has 8 nitrogen and oxygen atoms in total. The van der Waals surface area contributed by atoms with Crippen molar-refractivity contribution in [1.82, 2.24) is 19.9 Å². The zero-order valence-electron chi connectivity index (χ0n) is 17.2. The fourth-order valence-corrected chi connectivity index (χ4v) is 4.23. The lowest BCUT2D eigenvalue weighted by molar-refractivity contribution is 0.122. The minimum Gasteiger partial charge on any atom is -0.474 e. The Labute approximate surface area is 186 Å². The Morgan fingerprint density at radius 2 is 1.84 bits per heavy atom. The molecule has 1 saturated carbocycles. The van der Waals surface area contributed by atoms with Crippen LogP contribution in [-0.4, -0.2) is 58.4 Å². The average molecular weight is 441 g/mol. The molecule has 4 heterocycles. The zero-order chi connectivity index (χ0) is 21.0. The topological polar surface area (TPSA) is 85.3 Å². The molecule has 9 heteroatoms. The predicted octanol–water partition coefficient (Wildman–Crippen LogP) is 3.71. The van der Waals surface area contributed by atoms with Gasteiger partial charge in [-0.2, -0.15) is 4.98 Å². The number of nitrogens with one attached hydrogen (secondary N) is 1. The number of rotatable bonds is 5. The molecule has 1 aliphatic heterocycles. The Balaban J connectivity index is 1.27. The molecule has 1 aliphatic carbocycles. The molecule has 1 N–H and O–H groups in total. The van der Waals surface area contributed by atoms with Gasteiger partial charge in [-0.3, -0.25) is 4.98 Å². The highest BCUT2D eigenvalue weighted by Gasteiger charge is 2.25. The molecule has 0 unspecified atom stereocenters. The van der Waals surface area contributed by atoms with Crippen LogP contribution in [0.1, 0.15) is 25.7 Å². The van der Waals surface area contributed by atoms with Gasteiger partial charge in [0.15, 0.2) is 0 Å². The van der Waals surface area contributed by atoms with Crippen molar-refractivity contribution >= 4 is 34.3 Å². The molecule has 5 rings (SSSR count). The molecule has 0 spiro atoms. The normalized spacial score (nSPS) is 21.8. The summed E-state index contributed by atoms with van der Waals surface area (Å²) in [5, 5.41) is 4.88. The van der Waals surface area contributed by atoms with Crippen molar-refractivity contribution in [2.24, 2.45) is 0 Å². The first kappa shape index (κ1) is 20.2. The largest absolute Gasteiger partial charge is 0.474 e.